The molecule has 0 nitrogen and oxygen atoms in total. The van der Waals surface area contributed by atoms with Crippen LogP contribution in [0, 0.1) is 17.8 Å². The highest BCUT2D eigenvalue weighted by atomic mass is 79.9. The molecule has 2 aliphatic rings. The standard InChI is InChI=1S/C13H23Br/c1-10-2-4-11(5-3-10)12-6-8-13(14)9-7-12/h10-13H,2-9H2,1H3. The van der Waals surface area contributed by atoms with Crippen LogP contribution < -0.4 is 0 Å². The van der Waals surface area contributed by atoms with E-state index in [1.807, 2.05) is 0 Å². The third-order valence-electron chi connectivity index (χ3n) is 4.43. The zero-order valence-electron chi connectivity index (χ0n) is 9.34. The van der Waals surface area contributed by atoms with E-state index in [-0.39, 0.29) is 0 Å². The van der Waals surface area contributed by atoms with E-state index in [2.05, 4.69) is 22.9 Å². The molecule has 0 saturated heterocycles. The second-order valence-corrected chi connectivity index (χ2v) is 6.83. The van der Waals surface area contributed by atoms with Gasteiger partial charge in [-0.05, 0) is 56.3 Å². The molecule has 0 aromatic heterocycles. The van der Waals surface area contributed by atoms with Crippen LogP contribution in [0.15, 0.2) is 0 Å². The van der Waals surface area contributed by atoms with Crippen molar-refractivity contribution >= 4 is 15.9 Å². The second-order valence-electron chi connectivity index (χ2n) is 5.53. The van der Waals surface area contributed by atoms with E-state index in [0.29, 0.717) is 0 Å². The Kier molecular flexibility index (Phi) is 3.93. The van der Waals surface area contributed by atoms with Crippen LogP contribution in [0.3, 0.4) is 0 Å². The molecule has 0 aromatic rings. The van der Waals surface area contributed by atoms with Crippen LogP contribution in [0.1, 0.15) is 58.3 Å². The summed E-state index contributed by atoms with van der Waals surface area (Å²) < 4.78 is 0. The lowest BCUT2D eigenvalue weighted by atomic mass is 9.71. The molecule has 0 amide bonds. The predicted octanol–water partition coefficient (Wildman–Crippen LogP) is 4.77. The van der Waals surface area contributed by atoms with Crippen molar-refractivity contribution in [1.82, 2.24) is 0 Å². The monoisotopic (exact) mass is 258 g/mol. The van der Waals surface area contributed by atoms with Gasteiger partial charge in [-0.15, -0.1) is 0 Å². The Morgan fingerprint density at radius 2 is 1.14 bits per heavy atom. The largest absolute Gasteiger partial charge is 0.0891 e. The van der Waals surface area contributed by atoms with Gasteiger partial charge < -0.3 is 0 Å². The first kappa shape index (κ1) is 11.0. The third-order valence-corrected chi connectivity index (χ3v) is 5.34. The average Bonchev–Trinajstić information content (AvgIpc) is 2.21. The lowest BCUT2D eigenvalue weighted by Crippen LogP contribution is -2.25. The zero-order chi connectivity index (χ0) is 9.97. The van der Waals surface area contributed by atoms with Crippen molar-refractivity contribution in [2.24, 2.45) is 17.8 Å². The summed E-state index contributed by atoms with van der Waals surface area (Å²) in [7, 11) is 0. The molecule has 0 atom stereocenters. The van der Waals surface area contributed by atoms with E-state index >= 15 is 0 Å². The summed E-state index contributed by atoms with van der Waals surface area (Å²) in [4.78, 5) is 0.835. The molecule has 0 spiro atoms. The number of alkyl halides is 1. The molecule has 0 heterocycles. The van der Waals surface area contributed by atoms with Gasteiger partial charge in [-0.3, -0.25) is 0 Å². The van der Waals surface area contributed by atoms with E-state index in [1.54, 1.807) is 0 Å². The highest BCUT2D eigenvalue weighted by molar-refractivity contribution is 9.09. The summed E-state index contributed by atoms with van der Waals surface area (Å²) in [6, 6.07) is 0. The van der Waals surface area contributed by atoms with Gasteiger partial charge in [0.1, 0.15) is 0 Å². The van der Waals surface area contributed by atoms with E-state index in [4.69, 9.17) is 0 Å². The molecule has 0 radical (unpaired) electrons. The second kappa shape index (κ2) is 5.01. The van der Waals surface area contributed by atoms with Gasteiger partial charge in [0.05, 0.1) is 0 Å². The molecule has 1 heteroatoms. The average molecular weight is 259 g/mol. The fourth-order valence-corrected chi connectivity index (χ4v) is 3.84. The molecule has 82 valence electrons. The van der Waals surface area contributed by atoms with Gasteiger partial charge in [0.25, 0.3) is 0 Å². The van der Waals surface area contributed by atoms with Crippen molar-refractivity contribution in [2.45, 2.75) is 63.1 Å². The third kappa shape index (κ3) is 2.74. The highest BCUT2D eigenvalue weighted by Crippen LogP contribution is 2.40. The number of rotatable bonds is 1. The van der Waals surface area contributed by atoms with Crippen molar-refractivity contribution < 1.29 is 0 Å². The molecule has 14 heavy (non-hydrogen) atoms. The van der Waals surface area contributed by atoms with Gasteiger partial charge in [-0.25, -0.2) is 0 Å². The van der Waals surface area contributed by atoms with Crippen LogP contribution in [-0.4, -0.2) is 4.83 Å². The fraction of sp³-hybridized carbons (Fsp3) is 1.00. The van der Waals surface area contributed by atoms with E-state index in [9.17, 15) is 0 Å². The molecule has 2 rings (SSSR count). The van der Waals surface area contributed by atoms with Crippen LogP contribution in [0.5, 0.6) is 0 Å². The fourth-order valence-electron chi connectivity index (χ4n) is 3.31. The summed E-state index contributed by atoms with van der Waals surface area (Å²) in [6.07, 6.45) is 11.9. The van der Waals surface area contributed by atoms with Crippen molar-refractivity contribution in [3.05, 3.63) is 0 Å². The van der Waals surface area contributed by atoms with E-state index in [0.717, 1.165) is 22.6 Å². The Hall–Kier alpha value is 0.480. The predicted molar refractivity (Wildman–Crippen MR) is 65.8 cm³/mol. The molecule has 0 aliphatic heterocycles. The van der Waals surface area contributed by atoms with Gasteiger partial charge in [-0.1, -0.05) is 35.7 Å². The lowest BCUT2D eigenvalue weighted by Gasteiger charge is -2.36. The summed E-state index contributed by atoms with van der Waals surface area (Å²) in [5.74, 6) is 3.18. The minimum atomic E-state index is 0.835. The summed E-state index contributed by atoms with van der Waals surface area (Å²) >= 11 is 3.75. The van der Waals surface area contributed by atoms with Crippen molar-refractivity contribution in [3.8, 4) is 0 Å². The quantitative estimate of drug-likeness (QED) is 0.595. The lowest BCUT2D eigenvalue weighted by molar-refractivity contribution is 0.175. The minimum absolute atomic E-state index is 0.835. The Morgan fingerprint density at radius 1 is 0.714 bits per heavy atom. The maximum atomic E-state index is 3.75. The molecule has 0 N–H and O–H groups in total. The number of hydrogen-bond acceptors (Lipinski definition) is 0. The molecular weight excluding hydrogens is 236 g/mol. The Bertz CT molecular complexity index is 142. The Morgan fingerprint density at radius 3 is 1.64 bits per heavy atom. The summed E-state index contributed by atoms with van der Waals surface area (Å²) in [5.41, 5.74) is 0. The van der Waals surface area contributed by atoms with Gasteiger partial charge in [0.15, 0.2) is 0 Å². The normalized spacial score (nSPS) is 45.0. The smallest absolute Gasteiger partial charge is 0.0146 e. The molecule has 0 aromatic carbocycles. The van der Waals surface area contributed by atoms with Gasteiger partial charge >= 0.3 is 0 Å². The molecule has 0 bridgehead atoms. The van der Waals surface area contributed by atoms with E-state index in [1.165, 1.54) is 51.4 Å². The first-order valence-electron chi connectivity index (χ1n) is 6.39. The first-order valence-corrected chi connectivity index (χ1v) is 7.31. The number of halogens is 1. The van der Waals surface area contributed by atoms with Gasteiger partial charge in [-0.2, -0.15) is 0 Å². The van der Waals surface area contributed by atoms with Crippen molar-refractivity contribution in [2.75, 3.05) is 0 Å². The van der Waals surface area contributed by atoms with Crippen molar-refractivity contribution in [1.29, 1.82) is 0 Å². The molecule has 2 fully saturated rings. The SMILES string of the molecule is CC1CCC(C2CCC(Br)CC2)CC1. The Balaban J connectivity index is 1.78. The minimum Gasteiger partial charge on any atom is -0.0891 e. The van der Waals surface area contributed by atoms with Crippen LogP contribution >= 0.6 is 15.9 Å². The van der Waals surface area contributed by atoms with Crippen LogP contribution in [0.4, 0.5) is 0 Å². The topological polar surface area (TPSA) is 0 Å². The van der Waals surface area contributed by atoms with Crippen LogP contribution in [0.2, 0.25) is 0 Å². The van der Waals surface area contributed by atoms with Gasteiger partial charge in [0.2, 0.25) is 0 Å². The van der Waals surface area contributed by atoms with E-state index < -0.39 is 0 Å². The first-order chi connectivity index (χ1) is 6.75. The molecule has 0 unspecified atom stereocenters. The highest BCUT2D eigenvalue weighted by Gasteiger charge is 2.28. The van der Waals surface area contributed by atoms with Crippen LogP contribution in [-0.2, 0) is 0 Å². The van der Waals surface area contributed by atoms with Gasteiger partial charge in [0, 0.05) is 4.83 Å². The summed E-state index contributed by atoms with van der Waals surface area (Å²) in [5, 5.41) is 0. The summed E-state index contributed by atoms with van der Waals surface area (Å²) in [6.45, 7) is 2.42. The Labute approximate surface area is 97.0 Å². The number of hydrogen-bond donors (Lipinski definition) is 0. The molecule has 2 aliphatic carbocycles. The van der Waals surface area contributed by atoms with Crippen molar-refractivity contribution in [3.63, 3.8) is 0 Å². The molecule has 2 saturated carbocycles. The van der Waals surface area contributed by atoms with Crippen LogP contribution in [0.25, 0.3) is 0 Å². The zero-order valence-corrected chi connectivity index (χ0v) is 10.9. The maximum absolute atomic E-state index is 3.75. The maximum Gasteiger partial charge on any atom is 0.0146 e. The molecular formula is C13H23Br.